The van der Waals surface area contributed by atoms with E-state index >= 15 is 0 Å². The van der Waals surface area contributed by atoms with E-state index in [2.05, 4.69) is 66.8 Å². The molecule has 0 radical (unpaired) electrons. The lowest BCUT2D eigenvalue weighted by molar-refractivity contribution is 0.102. The van der Waals surface area contributed by atoms with Gasteiger partial charge in [0, 0.05) is 56.2 Å². The highest BCUT2D eigenvalue weighted by molar-refractivity contribution is 6.12. The first kappa shape index (κ1) is 35.7. The third kappa shape index (κ3) is 8.19. The molecule has 12 nitrogen and oxygen atoms in total. The number of para-hydroxylation sites is 2. The van der Waals surface area contributed by atoms with Gasteiger partial charge in [0.15, 0.2) is 11.5 Å². The molecule has 0 aliphatic heterocycles. The number of nitrogens with zero attached hydrogens (tertiary/aromatic N) is 6. The van der Waals surface area contributed by atoms with Crippen molar-refractivity contribution < 1.29 is 19.1 Å². The summed E-state index contributed by atoms with van der Waals surface area (Å²) >= 11 is 0. The lowest BCUT2D eigenvalue weighted by Crippen LogP contribution is -2.25. The maximum absolute atomic E-state index is 13.7. The smallest absolute Gasteiger partial charge is 0.275 e. The number of carbonyl (C=O) groups is 2. The summed E-state index contributed by atoms with van der Waals surface area (Å²) in [6, 6.07) is 26.8. The molecule has 3 heterocycles. The van der Waals surface area contributed by atoms with Gasteiger partial charge >= 0.3 is 0 Å². The molecule has 54 heavy (non-hydrogen) atoms. The molecule has 0 atom stereocenters. The second-order valence-electron chi connectivity index (χ2n) is 13.1. The Morgan fingerprint density at radius 2 is 1.50 bits per heavy atom. The normalized spacial score (nSPS) is 11.2. The average molecular weight is 721 g/mol. The molecule has 0 fully saturated rings. The molecule has 7 aromatic rings. The zero-order valence-electron chi connectivity index (χ0n) is 30.5. The number of pyridine rings is 1. The Morgan fingerprint density at radius 1 is 0.759 bits per heavy atom. The summed E-state index contributed by atoms with van der Waals surface area (Å²) in [5, 5.41) is 11.3. The summed E-state index contributed by atoms with van der Waals surface area (Å²) in [7, 11) is 4.92. The van der Waals surface area contributed by atoms with Crippen molar-refractivity contribution in [1.82, 2.24) is 29.6 Å². The molecule has 0 aliphatic rings. The number of aryl methyl sites for hydroxylation is 2. The van der Waals surface area contributed by atoms with Crippen LogP contribution in [0.15, 0.2) is 110 Å². The summed E-state index contributed by atoms with van der Waals surface area (Å²) in [4.78, 5) is 42.7. The highest BCUT2D eigenvalue weighted by Crippen LogP contribution is 2.34. The second kappa shape index (κ2) is 15.9. The summed E-state index contributed by atoms with van der Waals surface area (Å²) < 4.78 is 12.8. The van der Waals surface area contributed by atoms with Crippen LogP contribution in [0.5, 0.6) is 11.5 Å². The van der Waals surface area contributed by atoms with Crippen molar-refractivity contribution >= 4 is 45.1 Å². The molecule has 272 valence electrons. The van der Waals surface area contributed by atoms with Gasteiger partial charge in [-0.3, -0.25) is 29.1 Å². The fraction of sp³-hybridized carbons (Fsp3) is 0.190. The van der Waals surface area contributed by atoms with Crippen LogP contribution in [0.1, 0.15) is 43.1 Å². The van der Waals surface area contributed by atoms with E-state index in [1.165, 1.54) is 32.0 Å². The van der Waals surface area contributed by atoms with E-state index in [0.29, 0.717) is 28.2 Å². The van der Waals surface area contributed by atoms with Crippen molar-refractivity contribution in [1.29, 1.82) is 0 Å². The molecule has 0 saturated carbocycles. The zero-order valence-corrected chi connectivity index (χ0v) is 30.5. The van der Waals surface area contributed by atoms with Crippen LogP contribution < -0.4 is 20.1 Å². The van der Waals surface area contributed by atoms with Gasteiger partial charge in [-0.1, -0.05) is 36.4 Å². The summed E-state index contributed by atoms with van der Waals surface area (Å²) in [5.74, 6) is -0.271. The monoisotopic (exact) mass is 720 g/mol. The van der Waals surface area contributed by atoms with Crippen LogP contribution in [0.25, 0.3) is 21.9 Å². The van der Waals surface area contributed by atoms with E-state index < -0.39 is 11.8 Å². The van der Waals surface area contributed by atoms with Crippen LogP contribution in [0, 0.1) is 6.92 Å². The molecule has 12 heteroatoms. The molecular weight excluding hydrogens is 681 g/mol. The first-order valence-corrected chi connectivity index (χ1v) is 17.5. The number of hydrogen-bond donors (Lipinski definition) is 2. The predicted molar refractivity (Wildman–Crippen MR) is 209 cm³/mol. The van der Waals surface area contributed by atoms with E-state index in [1.807, 2.05) is 72.8 Å². The molecule has 7 rings (SSSR count). The molecule has 3 aromatic heterocycles. The number of rotatable bonds is 13. The van der Waals surface area contributed by atoms with Crippen molar-refractivity contribution in [3.05, 3.63) is 143 Å². The van der Waals surface area contributed by atoms with Gasteiger partial charge in [-0.25, -0.2) is 4.98 Å². The van der Waals surface area contributed by atoms with Crippen molar-refractivity contribution in [2.75, 3.05) is 31.4 Å². The van der Waals surface area contributed by atoms with Crippen LogP contribution in [0.2, 0.25) is 0 Å². The minimum absolute atomic E-state index is 0.106. The Kier molecular flexibility index (Phi) is 10.5. The van der Waals surface area contributed by atoms with Crippen LogP contribution in [-0.2, 0) is 26.6 Å². The van der Waals surface area contributed by atoms with Crippen LogP contribution in [-0.4, -0.2) is 62.2 Å². The van der Waals surface area contributed by atoms with E-state index in [-0.39, 0.29) is 16.9 Å². The van der Waals surface area contributed by atoms with E-state index in [9.17, 15) is 9.59 Å². The summed E-state index contributed by atoms with van der Waals surface area (Å²) in [6.45, 7) is 4.39. The lowest BCUT2D eigenvalue weighted by Gasteiger charge is -2.23. The Morgan fingerprint density at radius 3 is 2.28 bits per heavy atom. The first-order chi connectivity index (χ1) is 26.3. The number of anilines is 2. The molecule has 2 N–H and O–H groups in total. The number of aromatic nitrogens is 5. The molecule has 0 unspecified atom stereocenters. The minimum Gasteiger partial charge on any atom is -0.493 e. The molecular formula is C42H40N8O4. The van der Waals surface area contributed by atoms with Crippen molar-refractivity contribution in [3.63, 3.8) is 0 Å². The van der Waals surface area contributed by atoms with Gasteiger partial charge < -0.3 is 20.1 Å². The molecule has 0 spiro atoms. The largest absolute Gasteiger partial charge is 0.493 e. The quantitative estimate of drug-likeness (QED) is 0.129. The Labute approximate surface area is 312 Å². The maximum atomic E-state index is 13.7. The topological polar surface area (TPSA) is 136 Å². The number of fused-ring (bicyclic) bond motifs is 2. The third-order valence-electron chi connectivity index (χ3n) is 9.18. The van der Waals surface area contributed by atoms with Crippen molar-refractivity contribution in [3.8, 4) is 11.5 Å². The molecule has 0 saturated heterocycles. The van der Waals surface area contributed by atoms with Gasteiger partial charge in [-0.2, -0.15) is 5.10 Å². The van der Waals surface area contributed by atoms with E-state index in [1.54, 1.807) is 12.1 Å². The van der Waals surface area contributed by atoms with Crippen LogP contribution in [0.4, 0.5) is 11.4 Å². The van der Waals surface area contributed by atoms with Crippen LogP contribution >= 0.6 is 0 Å². The number of nitrogens with one attached hydrogen (secondary N) is 2. The third-order valence-corrected chi connectivity index (χ3v) is 9.18. The van der Waals surface area contributed by atoms with E-state index in [0.717, 1.165) is 53.6 Å². The molecule has 0 bridgehead atoms. The highest BCUT2D eigenvalue weighted by Gasteiger charge is 2.21. The number of ether oxygens (including phenoxy) is 2. The van der Waals surface area contributed by atoms with E-state index in [4.69, 9.17) is 9.47 Å². The van der Waals surface area contributed by atoms with Crippen molar-refractivity contribution in [2.24, 2.45) is 7.05 Å². The summed E-state index contributed by atoms with van der Waals surface area (Å²) in [6.07, 6.45) is 7.89. The second-order valence-corrected chi connectivity index (χ2v) is 13.1. The first-order valence-electron chi connectivity index (χ1n) is 17.5. The number of carbonyl (C=O) groups excluding carboxylic acids is 2. The molecule has 2 amide bonds. The minimum atomic E-state index is -0.524. The fourth-order valence-electron chi connectivity index (χ4n) is 6.41. The van der Waals surface area contributed by atoms with Gasteiger partial charge in [0.2, 0.25) is 0 Å². The van der Waals surface area contributed by atoms with Crippen molar-refractivity contribution in [2.45, 2.75) is 26.4 Å². The Bertz CT molecular complexity index is 2460. The number of methoxy groups -OCH3 is 2. The zero-order chi connectivity index (χ0) is 37.6. The lowest BCUT2D eigenvalue weighted by atomic mass is 10.1. The Hall–Kier alpha value is -6.66. The van der Waals surface area contributed by atoms with Crippen LogP contribution in [0.3, 0.4) is 0 Å². The summed E-state index contributed by atoms with van der Waals surface area (Å²) in [5.41, 5.74) is 8.10. The van der Waals surface area contributed by atoms with Gasteiger partial charge in [-0.05, 0) is 78.1 Å². The van der Waals surface area contributed by atoms with Gasteiger partial charge in [-0.15, -0.1) is 0 Å². The predicted octanol–water partition coefficient (Wildman–Crippen LogP) is 6.99. The molecule has 0 aliphatic carbocycles. The van der Waals surface area contributed by atoms with Gasteiger partial charge in [0.25, 0.3) is 11.8 Å². The number of amides is 2. The van der Waals surface area contributed by atoms with Gasteiger partial charge in [0.05, 0.1) is 54.4 Å². The van der Waals surface area contributed by atoms with Gasteiger partial charge in [0.1, 0.15) is 5.69 Å². The fourth-order valence-corrected chi connectivity index (χ4v) is 6.41. The Balaban J connectivity index is 1.05. The maximum Gasteiger partial charge on any atom is 0.275 e. The highest BCUT2D eigenvalue weighted by atomic mass is 16.5. The SMILES string of the molecule is COc1cc(NC(=O)c2cnc3ccccc3n2)c(C(=O)Nc2ccc(CCN(Cc3cncc(C)c3)Cc3ccc4c(cnn4C)c3)cc2)cc1OC. The number of hydrogen-bond acceptors (Lipinski definition) is 9. The number of benzene rings is 4. The average Bonchev–Trinajstić information content (AvgIpc) is 3.56. The molecule has 4 aromatic carbocycles. The standard InChI is InChI=1S/C42H40N8O4/c1-27-17-30(22-43-21-27)26-50(25-29-11-14-38-31(18-29)23-45-49(38)2)16-15-28-9-12-32(13-10-28)46-41(51)33-19-39(53-3)40(54-4)20-36(33)48-42(52)37-24-44-34-7-5-6-8-35(34)47-37/h5-14,17-24H,15-16,25-26H2,1-4H3,(H,46,51)(H,48,52).